The lowest BCUT2D eigenvalue weighted by molar-refractivity contribution is 0.439. The number of benzene rings is 2. The fourth-order valence-corrected chi connectivity index (χ4v) is 1.77. The average Bonchev–Trinajstić information content (AvgIpc) is 2.31. The monoisotopic (exact) mass is 249 g/mol. The van der Waals surface area contributed by atoms with E-state index in [1.807, 2.05) is 60.7 Å². The molecule has 2 aromatic carbocycles. The number of quaternary nitrogens is 1. The highest BCUT2D eigenvalue weighted by molar-refractivity contribution is 5.85. The SMILES string of the molecule is C[N+]([O-])(Cc1ccccc1)c1ccccc1.Cl. The van der Waals surface area contributed by atoms with Gasteiger partial charge in [0.1, 0.15) is 12.2 Å². The van der Waals surface area contributed by atoms with Gasteiger partial charge in [-0.25, -0.2) is 0 Å². The standard InChI is InChI=1S/C14H15NO.ClH/c1-15(16,14-10-6-3-7-11-14)12-13-8-4-2-5-9-13;/h2-11H,12H2,1H3;1H. The molecule has 0 fully saturated rings. The third kappa shape index (κ3) is 3.56. The van der Waals surface area contributed by atoms with Gasteiger partial charge in [0.2, 0.25) is 0 Å². The molecule has 0 spiro atoms. The van der Waals surface area contributed by atoms with E-state index in [1.54, 1.807) is 7.05 Å². The van der Waals surface area contributed by atoms with Gasteiger partial charge in [-0.1, -0.05) is 48.5 Å². The van der Waals surface area contributed by atoms with Crippen molar-refractivity contribution in [3.05, 3.63) is 71.4 Å². The molecule has 0 bridgehead atoms. The van der Waals surface area contributed by atoms with Crippen molar-refractivity contribution in [2.75, 3.05) is 7.05 Å². The largest absolute Gasteiger partial charge is 0.627 e. The van der Waals surface area contributed by atoms with Crippen LogP contribution in [0.15, 0.2) is 60.7 Å². The van der Waals surface area contributed by atoms with Gasteiger partial charge in [0.15, 0.2) is 0 Å². The van der Waals surface area contributed by atoms with E-state index in [-0.39, 0.29) is 17.1 Å². The average molecular weight is 250 g/mol. The lowest BCUT2D eigenvalue weighted by Gasteiger charge is -2.38. The molecule has 3 heteroatoms. The molecule has 0 N–H and O–H groups in total. The van der Waals surface area contributed by atoms with E-state index in [2.05, 4.69) is 0 Å². The van der Waals surface area contributed by atoms with Crippen LogP contribution < -0.4 is 4.65 Å². The van der Waals surface area contributed by atoms with Gasteiger partial charge >= 0.3 is 0 Å². The van der Waals surface area contributed by atoms with E-state index in [4.69, 9.17) is 0 Å². The van der Waals surface area contributed by atoms with Crippen LogP contribution in [0.2, 0.25) is 0 Å². The first kappa shape index (κ1) is 13.7. The fraction of sp³-hybridized carbons (Fsp3) is 0.143. The molecule has 2 nitrogen and oxygen atoms in total. The van der Waals surface area contributed by atoms with Crippen LogP contribution in [0.3, 0.4) is 0 Å². The van der Waals surface area contributed by atoms with Gasteiger partial charge < -0.3 is 9.85 Å². The first-order valence-corrected chi connectivity index (χ1v) is 5.34. The molecule has 90 valence electrons. The smallest absolute Gasteiger partial charge is 0.132 e. The molecule has 0 heterocycles. The lowest BCUT2D eigenvalue weighted by Crippen LogP contribution is -2.37. The Bertz CT molecular complexity index is 442. The minimum atomic E-state index is -0.370. The van der Waals surface area contributed by atoms with Crippen molar-refractivity contribution >= 4 is 18.1 Å². The molecule has 0 aromatic heterocycles. The van der Waals surface area contributed by atoms with Gasteiger partial charge in [0.25, 0.3) is 0 Å². The van der Waals surface area contributed by atoms with Gasteiger partial charge in [-0.15, -0.1) is 12.4 Å². The fourth-order valence-electron chi connectivity index (χ4n) is 1.77. The molecule has 1 unspecified atom stereocenters. The Morgan fingerprint density at radius 1 is 0.882 bits per heavy atom. The molecular weight excluding hydrogens is 234 g/mol. The summed E-state index contributed by atoms with van der Waals surface area (Å²) in [6, 6.07) is 19.3. The summed E-state index contributed by atoms with van der Waals surface area (Å²) < 4.78 is -0.370. The van der Waals surface area contributed by atoms with E-state index < -0.39 is 0 Å². The molecule has 0 aliphatic rings. The molecular formula is C14H16ClNO. The van der Waals surface area contributed by atoms with Gasteiger partial charge in [-0.05, 0) is 12.1 Å². The summed E-state index contributed by atoms with van der Waals surface area (Å²) in [5, 5.41) is 12.4. The first-order valence-electron chi connectivity index (χ1n) is 5.34. The number of hydroxylamine groups is 2. The summed E-state index contributed by atoms with van der Waals surface area (Å²) in [5.74, 6) is 0. The highest BCUT2D eigenvalue weighted by Gasteiger charge is 2.13. The topological polar surface area (TPSA) is 23.1 Å². The number of nitrogens with zero attached hydrogens (tertiary/aromatic N) is 1. The summed E-state index contributed by atoms with van der Waals surface area (Å²) in [6.07, 6.45) is 0. The van der Waals surface area contributed by atoms with Crippen molar-refractivity contribution in [3.8, 4) is 0 Å². The van der Waals surface area contributed by atoms with Gasteiger partial charge in [0, 0.05) is 5.56 Å². The number of para-hydroxylation sites is 1. The van der Waals surface area contributed by atoms with Crippen LogP contribution in [-0.4, -0.2) is 7.05 Å². The summed E-state index contributed by atoms with van der Waals surface area (Å²) in [4.78, 5) is 0. The van der Waals surface area contributed by atoms with Gasteiger partial charge in [-0.2, -0.15) is 0 Å². The molecule has 0 saturated heterocycles. The Kier molecular flexibility index (Phi) is 4.70. The van der Waals surface area contributed by atoms with Crippen molar-refractivity contribution in [2.24, 2.45) is 0 Å². The number of halogens is 1. The zero-order chi connectivity index (χ0) is 11.4. The summed E-state index contributed by atoms with van der Waals surface area (Å²) in [5.41, 5.74) is 1.84. The van der Waals surface area contributed by atoms with E-state index in [1.165, 1.54) is 0 Å². The van der Waals surface area contributed by atoms with E-state index in [0.717, 1.165) is 11.3 Å². The Balaban J connectivity index is 0.00000144. The molecule has 0 saturated carbocycles. The highest BCUT2D eigenvalue weighted by Crippen LogP contribution is 2.21. The second-order valence-electron chi connectivity index (χ2n) is 4.08. The summed E-state index contributed by atoms with van der Waals surface area (Å²) >= 11 is 0. The number of hydrogen-bond acceptors (Lipinski definition) is 1. The highest BCUT2D eigenvalue weighted by atomic mass is 35.5. The Hall–Kier alpha value is -1.35. The molecule has 17 heavy (non-hydrogen) atoms. The van der Waals surface area contributed by atoms with Crippen LogP contribution in [0, 0.1) is 5.21 Å². The molecule has 2 aromatic rings. The van der Waals surface area contributed by atoms with Crippen LogP contribution >= 0.6 is 12.4 Å². The normalized spacial score (nSPS) is 13.5. The summed E-state index contributed by atoms with van der Waals surface area (Å²) in [6.45, 7) is 0.463. The maximum Gasteiger partial charge on any atom is 0.132 e. The summed E-state index contributed by atoms with van der Waals surface area (Å²) in [7, 11) is 1.68. The van der Waals surface area contributed by atoms with Crippen molar-refractivity contribution in [1.82, 2.24) is 4.65 Å². The van der Waals surface area contributed by atoms with E-state index in [0.29, 0.717) is 6.54 Å². The second-order valence-corrected chi connectivity index (χ2v) is 4.08. The van der Waals surface area contributed by atoms with Crippen LogP contribution in [0.4, 0.5) is 5.69 Å². The molecule has 1 atom stereocenters. The molecule has 0 aliphatic heterocycles. The third-order valence-corrected chi connectivity index (χ3v) is 2.63. The quantitative estimate of drug-likeness (QED) is 0.600. The third-order valence-electron chi connectivity index (χ3n) is 2.63. The number of rotatable bonds is 3. The van der Waals surface area contributed by atoms with Crippen LogP contribution in [0.25, 0.3) is 0 Å². The molecule has 0 aliphatic carbocycles. The molecule has 2 rings (SSSR count). The zero-order valence-electron chi connectivity index (χ0n) is 9.74. The molecule has 0 amide bonds. The first-order chi connectivity index (χ1) is 7.68. The van der Waals surface area contributed by atoms with E-state index >= 15 is 0 Å². The zero-order valence-corrected chi connectivity index (χ0v) is 10.6. The van der Waals surface area contributed by atoms with Crippen molar-refractivity contribution in [1.29, 1.82) is 0 Å². The predicted molar refractivity (Wildman–Crippen MR) is 74.9 cm³/mol. The second kappa shape index (κ2) is 5.82. The van der Waals surface area contributed by atoms with Crippen molar-refractivity contribution < 1.29 is 0 Å². The van der Waals surface area contributed by atoms with Crippen molar-refractivity contribution in [2.45, 2.75) is 6.54 Å². The van der Waals surface area contributed by atoms with Crippen LogP contribution in [-0.2, 0) is 6.54 Å². The van der Waals surface area contributed by atoms with Gasteiger partial charge in [0.05, 0.1) is 7.05 Å². The molecule has 0 radical (unpaired) electrons. The number of hydrogen-bond donors (Lipinski definition) is 0. The van der Waals surface area contributed by atoms with Crippen LogP contribution in [0.5, 0.6) is 0 Å². The lowest BCUT2D eigenvalue weighted by atomic mass is 10.2. The predicted octanol–water partition coefficient (Wildman–Crippen LogP) is 3.74. The van der Waals surface area contributed by atoms with Crippen LogP contribution in [0.1, 0.15) is 5.56 Å². The minimum Gasteiger partial charge on any atom is -0.627 e. The Morgan fingerprint density at radius 3 is 1.88 bits per heavy atom. The maximum atomic E-state index is 12.4. The Labute approximate surface area is 108 Å². The Morgan fingerprint density at radius 2 is 1.35 bits per heavy atom. The van der Waals surface area contributed by atoms with Gasteiger partial charge in [-0.3, -0.25) is 0 Å². The maximum absolute atomic E-state index is 12.4. The van der Waals surface area contributed by atoms with E-state index in [9.17, 15) is 5.21 Å². The van der Waals surface area contributed by atoms with Crippen molar-refractivity contribution in [3.63, 3.8) is 0 Å². The minimum absolute atomic E-state index is 0.